The fourth-order valence-corrected chi connectivity index (χ4v) is 6.74. The van der Waals surface area contributed by atoms with E-state index in [0.29, 0.717) is 26.3 Å². The quantitative estimate of drug-likeness (QED) is 0.378. The summed E-state index contributed by atoms with van der Waals surface area (Å²) in [5, 5.41) is 41.6. The van der Waals surface area contributed by atoms with Crippen LogP contribution in [0.1, 0.15) is 11.6 Å². The number of ether oxygens (including phenoxy) is 2. The molecule has 1 fully saturated rings. The van der Waals surface area contributed by atoms with Gasteiger partial charge in [-0.1, -0.05) is 28.6 Å². The van der Waals surface area contributed by atoms with Crippen molar-refractivity contribution in [3.8, 4) is 16.8 Å². The first-order valence-electron chi connectivity index (χ1n) is 9.96. The maximum Gasteiger partial charge on any atom is 0.147 e. The predicted molar refractivity (Wildman–Crippen MR) is 128 cm³/mol. The Kier molecular flexibility index (Phi) is 6.83. The molecule has 5 rings (SSSR count). The van der Waals surface area contributed by atoms with E-state index in [-0.39, 0.29) is 0 Å². The van der Waals surface area contributed by atoms with E-state index in [1.54, 1.807) is 23.2 Å². The topological polar surface area (TPSA) is 139 Å². The molecule has 4 heterocycles. The Morgan fingerprint density at radius 1 is 1.38 bits per heavy atom. The Morgan fingerprint density at radius 3 is 2.94 bits per heavy atom. The van der Waals surface area contributed by atoms with Crippen LogP contribution in [-0.2, 0) is 9.47 Å². The monoisotopic (exact) mass is 536 g/mol. The molecule has 10 nitrogen and oxygen atoms in total. The normalized spacial score (nSPS) is 25.0. The van der Waals surface area contributed by atoms with Crippen molar-refractivity contribution in [2.45, 2.75) is 34.7 Å². The fourth-order valence-electron chi connectivity index (χ4n) is 3.80. The first-order chi connectivity index (χ1) is 16.5. The van der Waals surface area contributed by atoms with Crippen LogP contribution in [-0.4, -0.2) is 72.6 Å². The molecule has 2 N–H and O–H groups in total. The highest BCUT2D eigenvalue weighted by atomic mass is 35.5. The summed E-state index contributed by atoms with van der Waals surface area (Å²) in [6, 6.07) is 5.11. The van der Waals surface area contributed by atoms with E-state index in [1.807, 2.05) is 6.07 Å². The van der Waals surface area contributed by atoms with Crippen molar-refractivity contribution in [1.82, 2.24) is 25.0 Å². The lowest BCUT2D eigenvalue weighted by molar-refractivity contribution is -0.186. The number of aliphatic hydroxyl groups is 2. The number of fused-ring (bicyclic) bond motifs is 1. The Balaban J connectivity index is 1.49. The van der Waals surface area contributed by atoms with E-state index in [1.165, 1.54) is 46.2 Å². The van der Waals surface area contributed by atoms with Crippen LogP contribution in [0.2, 0.25) is 5.15 Å². The molecule has 0 amide bonds. The summed E-state index contributed by atoms with van der Waals surface area (Å²) in [5.74, 6) is 0. The van der Waals surface area contributed by atoms with E-state index in [0.717, 1.165) is 10.2 Å². The molecule has 0 radical (unpaired) electrons. The third-order valence-electron chi connectivity index (χ3n) is 5.40. The molecule has 1 saturated heterocycles. The zero-order valence-corrected chi connectivity index (χ0v) is 20.7. The number of nitrogens with zero attached hydrogens (tertiary/aromatic N) is 6. The van der Waals surface area contributed by atoms with Gasteiger partial charge >= 0.3 is 0 Å². The number of rotatable bonds is 6. The number of halogens is 1. The molecule has 1 aliphatic rings. The molecule has 0 bridgehead atoms. The van der Waals surface area contributed by atoms with E-state index in [9.17, 15) is 15.5 Å². The van der Waals surface area contributed by atoms with Crippen molar-refractivity contribution in [2.75, 3.05) is 13.7 Å². The zero-order chi connectivity index (χ0) is 23.8. The minimum absolute atomic E-state index is 0.360. The number of benzene rings is 1. The van der Waals surface area contributed by atoms with Crippen molar-refractivity contribution in [3.63, 3.8) is 0 Å². The second-order valence-electron chi connectivity index (χ2n) is 7.36. The van der Waals surface area contributed by atoms with Gasteiger partial charge < -0.3 is 19.7 Å². The Hall–Kier alpha value is -2.15. The Bertz CT molecular complexity index is 1350. The number of hydrogen-bond acceptors (Lipinski definition) is 12. The first-order valence-corrected chi connectivity index (χ1v) is 13.0. The Labute approximate surface area is 210 Å². The van der Waals surface area contributed by atoms with Crippen molar-refractivity contribution in [2.24, 2.45) is 0 Å². The van der Waals surface area contributed by atoms with Crippen LogP contribution >= 0.6 is 46.0 Å². The Morgan fingerprint density at radius 2 is 2.24 bits per heavy atom. The number of methoxy groups -OCH3 is 1. The third-order valence-corrected chi connectivity index (χ3v) is 8.59. The van der Waals surface area contributed by atoms with Gasteiger partial charge in [0.2, 0.25) is 0 Å². The number of nitriles is 1. The molecule has 5 atom stereocenters. The number of thiazole rings is 2. The van der Waals surface area contributed by atoms with Gasteiger partial charge in [-0.2, -0.15) is 5.26 Å². The van der Waals surface area contributed by atoms with Crippen molar-refractivity contribution in [3.05, 3.63) is 39.9 Å². The van der Waals surface area contributed by atoms with Crippen LogP contribution in [0.4, 0.5) is 0 Å². The second-order valence-corrected chi connectivity index (χ2v) is 10.6. The van der Waals surface area contributed by atoms with Crippen LogP contribution in [0.3, 0.4) is 0 Å². The highest BCUT2D eigenvalue weighted by Crippen LogP contribution is 2.41. The lowest BCUT2D eigenvalue weighted by Crippen LogP contribution is -2.55. The fraction of sp³-hybridized carbons (Fsp3) is 0.350. The standard InChI is InChI=1S/C20H17ClN6O4S3/c1-30-18-16(27-5-11(25-26-27)19-24-15(21)7-32-19)17(29)12(6-28)31-20(18)34-13-3-14-10(23-8-33-14)2-9(13)4-22/h2-3,5,7-8,12,16-18,20,28-29H,6H2,1H3/t12?,16?,17-,18?,20+/m0/s1. The van der Waals surface area contributed by atoms with Gasteiger partial charge in [0.1, 0.15) is 51.7 Å². The van der Waals surface area contributed by atoms with E-state index in [2.05, 4.69) is 26.3 Å². The molecule has 3 aromatic heterocycles. The molecular formula is C20H17ClN6O4S3. The maximum atomic E-state index is 11.0. The van der Waals surface area contributed by atoms with E-state index >= 15 is 0 Å². The molecule has 14 heteroatoms. The average Bonchev–Trinajstić information content (AvgIpc) is 3.59. The predicted octanol–water partition coefficient (Wildman–Crippen LogP) is 2.96. The minimum atomic E-state index is -1.12. The van der Waals surface area contributed by atoms with Gasteiger partial charge in [0.05, 0.1) is 34.1 Å². The lowest BCUT2D eigenvalue weighted by atomic mass is 9.97. The summed E-state index contributed by atoms with van der Waals surface area (Å²) in [6.07, 6.45) is -1.05. The molecule has 1 aromatic carbocycles. The SMILES string of the molecule is COC1C(n2cc(-c3nc(Cl)cs3)nn2)[C@@H](O)C(CO)O[C@@H]1Sc1cc2scnc2cc1C#N. The lowest BCUT2D eigenvalue weighted by Gasteiger charge is -2.43. The van der Waals surface area contributed by atoms with Gasteiger partial charge in [-0.05, 0) is 12.1 Å². The average molecular weight is 537 g/mol. The minimum Gasteiger partial charge on any atom is -0.394 e. The van der Waals surface area contributed by atoms with Crippen LogP contribution in [0.5, 0.6) is 0 Å². The molecule has 3 unspecified atom stereocenters. The van der Waals surface area contributed by atoms with Crippen LogP contribution in [0.25, 0.3) is 20.9 Å². The molecular weight excluding hydrogens is 520 g/mol. The van der Waals surface area contributed by atoms with Crippen molar-refractivity contribution < 1.29 is 19.7 Å². The number of aliphatic hydroxyl groups excluding tert-OH is 2. The number of hydrogen-bond donors (Lipinski definition) is 2. The summed E-state index contributed by atoms with van der Waals surface area (Å²) >= 11 is 10.0. The van der Waals surface area contributed by atoms with Crippen LogP contribution < -0.4 is 0 Å². The summed E-state index contributed by atoms with van der Waals surface area (Å²) < 4.78 is 14.2. The molecule has 176 valence electrons. The molecule has 4 aromatic rings. The van der Waals surface area contributed by atoms with Gasteiger partial charge in [0, 0.05) is 17.4 Å². The molecule has 0 spiro atoms. The van der Waals surface area contributed by atoms with Gasteiger partial charge in [-0.15, -0.1) is 27.8 Å². The molecule has 1 aliphatic heterocycles. The number of aromatic nitrogens is 5. The summed E-state index contributed by atoms with van der Waals surface area (Å²) in [6.45, 7) is -0.409. The van der Waals surface area contributed by atoms with E-state index < -0.39 is 36.4 Å². The summed E-state index contributed by atoms with van der Waals surface area (Å²) in [4.78, 5) is 9.17. The maximum absolute atomic E-state index is 11.0. The second kappa shape index (κ2) is 9.84. The van der Waals surface area contributed by atoms with E-state index in [4.69, 9.17) is 21.1 Å². The van der Waals surface area contributed by atoms with Crippen LogP contribution in [0, 0.1) is 11.3 Å². The molecule has 0 aliphatic carbocycles. The molecule has 0 saturated carbocycles. The van der Waals surface area contributed by atoms with Gasteiger partial charge in [-0.25, -0.2) is 14.6 Å². The largest absolute Gasteiger partial charge is 0.394 e. The van der Waals surface area contributed by atoms with Crippen LogP contribution in [0.15, 0.2) is 34.1 Å². The summed E-state index contributed by atoms with van der Waals surface area (Å²) in [5.41, 5.74) is 2.76. The van der Waals surface area contributed by atoms with Gasteiger partial charge in [0.15, 0.2) is 0 Å². The highest BCUT2D eigenvalue weighted by molar-refractivity contribution is 8.00. The zero-order valence-electron chi connectivity index (χ0n) is 17.5. The van der Waals surface area contributed by atoms with Crippen molar-refractivity contribution >= 4 is 56.3 Å². The third kappa shape index (κ3) is 4.32. The summed E-state index contributed by atoms with van der Waals surface area (Å²) in [7, 11) is 1.51. The first kappa shape index (κ1) is 23.6. The van der Waals surface area contributed by atoms with Crippen molar-refractivity contribution in [1.29, 1.82) is 5.26 Å². The van der Waals surface area contributed by atoms with Gasteiger partial charge in [0.25, 0.3) is 0 Å². The highest BCUT2D eigenvalue weighted by Gasteiger charge is 2.47. The van der Waals surface area contributed by atoms with Gasteiger partial charge in [-0.3, -0.25) is 0 Å². The smallest absolute Gasteiger partial charge is 0.147 e. The number of thioether (sulfide) groups is 1. The molecule has 34 heavy (non-hydrogen) atoms.